The van der Waals surface area contributed by atoms with Gasteiger partial charge in [0.1, 0.15) is 17.0 Å². The van der Waals surface area contributed by atoms with Crippen molar-refractivity contribution in [3.8, 4) is 11.5 Å². The van der Waals surface area contributed by atoms with E-state index in [1.165, 1.54) is 11.8 Å². The summed E-state index contributed by atoms with van der Waals surface area (Å²) >= 11 is 1.27. The second-order valence-corrected chi connectivity index (χ2v) is 8.67. The Morgan fingerprint density at radius 2 is 1.68 bits per heavy atom. The smallest absolute Gasteiger partial charge is 0.257 e. The molecule has 1 amide bonds. The Labute approximate surface area is 201 Å². The highest BCUT2D eigenvalue weighted by atomic mass is 32.2. The molecule has 0 fully saturated rings. The van der Waals surface area contributed by atoms with Crippen molar-refractivity contribution >= 4 is 34.5 Å². The zero-order valence-electron chi connectivity index (χ0n) is 18.8. The zero-order valence-corrected chi connectivity index (χ0v) is 19.6. The average Bonchev–Trinajstić information content (AvgIpc) is 3.52. The molecule has 8 heteroatoms. The van der Waals surface area contributed by atoms with Crippen molar-refractivity contribution in [1.29, 1.82) is 0 Å². The third-order valence-corrected chi connectivity index (χ3v) is 6.50. The van der Waals surface area contributed by atoms with Gasteiger partial charge in [0.05, 0.1) is 31.7 Å². The van der Waals surface area contributed by atoms with E-state index in [4.69, 9.17) is 19.0 Å². The lowest BCUT2D eigenvalue weighted by atomic mass is 9.98. The Morgan fingerprint density at radius 1 is 1.00 bits per heavy atom. The number of rotatable bonds is 7. The van der Waals surface area contributed by atoms with E-state index >= 15 is 0 Å². The molecule has 1 atom stereocenters. The predicted octanol–water partition coefficient (Wildman–Crippen LogP) is 5.32. The van der Waals surface area contributed by atoms with Gasteiger partial charge in [-0.15, -0.1) is 0 Å². The van der Waals surface area contributed by atoms with Gasteiger partial charge in [-0.25, -0.2) is 9.99 Å². The lowest BCUT2D eigenvalue weighted by molar-refractivity contribution is -0.130. The topological polar surface area (TPSA) is 77.2 Å². The quantitative estimate of drug-likeness (QED) is 0.338. The highest BCUT2D eigenvalue weighted by molar-refractivity contribution is 7.99. The van der Waals surface area contributed by atoms with Gasteiger partial charge in [-0.1, -0.05) is 36.0 Å². The Hall–Kier alpha value is -3.78. The number of thioether (sulfide) groups is 1. The number of fused-ring (bicyclic) bond motifs is 1. The fourth-order valence-electron chi connectivity index (χ4n) is 3.89. The summed E-state index contributed by atoms with van der Waals surface area (Å²) < 4.78 is 16.3. The molecule has 1 aliphatic rings. The molecule has 0 bridgehead atoms. The second kappa shape index (κ2) is 9.61. The van der Waals surface area contributed by atoms with Gasteiger partial charge < -0.3 is 13.9 Å². The highest BCUT2D eigenvalue weighted by Gasteiger charge is 2.33. The Kier molecular flexibility index (Phi) is 6.22. The van der Waals surface area contributed by atoms with Gasteiger partial charge in [-0.2, -0.15) is 5.10 Å². The zero-order chi connectivity index (χ0) is 23.5. The molecule has 0 unspecified atom stereocenters. The largest absolute Gasteiger partial charge is 0.497 e. The van der Waals surface area contributed by atoms with E-state index in [9.17, 15) is 4.79 Å². The lowest BCUT2D eigenvalue weighted by Crippen LogP contribution is -2.28. The molecule has 1 aromatic heterocycles. The number of carbonyl (C=O) groups excluding carboxylic acids is 1. The minimum Gasteiger partial charge on any atom is -0.497 e. The van der Waals surface area contributed by atoms with Crippen molar-refractivity contribution < 1.29 is 18.7 Å². The fraction of sp³-hybridized carbons (Fsp3) is 0.192. The Morgan fingerprint density at radius 3 is 2.35 bits per heavy atom. The number of methoxy groups -OCH3 is 2. The first-order valence-electron chi connectivity index (χ1n) is 10.8. The van der Waals surface area contributed by atoms with Crippen molar-refractivity contribution in [3.63, 3.8) is 0 Å². The summed E-state index contributed by atoms with van der Waals surface area (Å²) in [5, 5.41) is 6.78. The molecule has 2 heterocycles. The van der Waals surface area contributed by atoms with E-state index in [1.54, 1.807) is 19.2 Å². The normalized spacial score (nSPS) is 15.4. The molecule has 34 heavy (non-hydrogen) atoms. The standard InChI is InChI=1S/C26H23N3O4S/c1-31-19-11-7-17(8-12-19)22-15-23(18-9-13-20(32-2)14-10-18)29(28-22)25(30)16-34-26-27-21-5-3-4-6-24(21)33-26/h3-14,23H,15-16H2,1-2H3/t23-/m0/s1. The first-order chi connectivity index (χ1) is 16.6. The van der Waals surface area contributed by atoms with Gasteiger partial charge in [-0.3, -0.25) is 4.79 Å². The molecule has 5 rings (SSSR count). The lowest BCUT2D eigenvalue weighted by Gasteiger charge is -2.22. The van der Waals surface area contributed by atoms with Crippen LogP contribution in [-0.4, -0.2) is 41.6 Å². The van der Waals surface area contributed by atoms with Gasteiger partial charge in [0.25, 0.3) is 11.1 Å². The van der Waals surface area contributed by atoms with Crippen LogP contribution in [0.3, 0.4) is 0 Å². The van der Waals surface area contributed by atoms with Gasteiger partial charge in [0.2, 0.25) is 0 Å². The summed E-state index contributed by atoms with van der Waals surface area (Å²) in [7, 11) is 3.27. The molecule has 0 saturated carbocycles. The number of benzene rings is 3. The van der Waals surface area contributed by atoms with Gasteiger partial charge in [-0.05, 0) is 59.7 Å². The summed E-state index contributed by atoms with van der Waals surface area (Å²) in [5.41, 5.74) is 4.28. The van der Waals surface area contributed by atoms with Crippen LogP contribution in [0.15, 0.2) is 87.5 Å². The van der Waals surface area contributed by atoms with E-state index in [0.29, 0.717) is 17.2 Å². The fourth-order valence-corrected chi connectivity index (χ4v) is 4.58. The van der Waals surface area contributed by atoms with Crippen molar-refractivity contribution in [2.45, 2.75) is 17.7 Å². The van der Waals surface area contributed by atoms with Crippen LogP contribution in [0, 0.1) is 0 Å². The van der Waals surface area contributed by atoms with Gasteiger partial charge in [0.15, 0.2) is 5.58 Å². The van der Waals surface area contributed by atoms with Crippen molar-refractivity contribution in [3.05, 3.63) is 83.9 Å². The maximum absolute atomic E-state index is 13.3. The monoisotopic (exact) mass is 473 g/mol. The molecule has 0 N–H and O–H groups in total. The third-order valence-electron chi connectivity index (χ3n) is 5.68. The van der Waals surface area contributed by atoms with E-state index in [2.05, 4.69) is 4.98 Å². The van der Waals surface area contributed by atoms with Crippen LogP contribution in [0.5, 0.6) is 11.5 Å². The number of carbonyl (C=O) groups is 1. The summed E-state index contributed by atoms with van der Waals surface area (Å²) in [6.07, 6.45) is 0.609. The van der Waals surface area contributed by atoms with Crippen LogP contribution in [-0.2, 0) is 4.79 Å². The number of amides is 1. The number of para-hydroxylation sites is 2. The molecule has 0 saturated heterocycles. The number of oxazole rings is 1. The van der Waals surface area contributed by atoms with E-state index in [0.717, 1.165) is 33.9 Å². The number of hydrogen-bond donors (Lipinski definition) is 0. The maximum atomic E-state index is 13.3. The van der Waals surface area contributed by atoms with Crippen LogP contribution in [0.1, 0.15) is 23.6 Å². The molecule has 0 spiro atoms. The van der Waals surface area contributed by atoms with Crippen LogP contribution in [0.25, 0.3) is 11.1 Å². The van der Waals surface area contributed by atoms with Crippen LogP contribution in [0.2, 0.25) is 0 Å². The molecular weight excluding hydrogens is 450 g/mol. The van der Waals surface area contributed by atoms with Crippen molar-refractivity contribution in [1.82, 2.24) is 9.99 Å². The Balaban J connectivity index is 1.38. The number of aromatic nitrogens is 1. The molecule has 172 valence electrons. The molecule has 0 aliphatic carbocycles. The van der Waals surface area contributed by atoms with Crippen LogP contribution in [0.4, 0.5) is 0 Å². The molecule has 7 nitrogen and oxygen atoms in total. The minimum absolute atomic E-state index is 0.114. The van der Waals surface area contributed by atoms with Crippen molar-refractivity contribution in [2.24, 2.45) is 5.10 Å². The first-order valence-corrected chi connectivity index (χ1v) is 11.8. The summed E-state index contributed by atoms with van der Waals surface area (Å²) in [5.74, 6) is 1.59. The third kappa shape index (κ3) is 4.49. The van der Waals surface area contributed by atoms with E-state index < -0.39 is 0 Å². The Bertz CT molecular complexity index is 1300. The molecule has 1 aliphatic heterocycles. The van der Waals surface area contributed by atoms with Crippen molar-refractivity contribution in [2.75, 3.05) is 20.0 Å². The van der Waals surface area contributed by atoms with E-state index in [1.807, 2.05) is 72.8 Å². The first kappa shape index (κ1) is 22.0. The maximum Gasteiger partial charge on any atom is 0.257 e. The predicted molar refractivity (Wildman–Crippen MR) is 131 cm³/mol. The summed E-state index contributed by atoms with van der Waals surface area (Å²) in [4.78, 5) is 17.8. The highest BCUT2D eigenvalue weighted by Crippen LogP contribution is 2.35. The minimum atomic E-state index is -0.209. The second-order valence-electron chi connectivity index (χ2n) is 7.74. The average molecular weight is 474 g/mol. The van der Waals surface area contributed by atoms with Gasteiger partial charge in [0, 0.05) is 6.42 Å². The van der Waals surface area contributed by atoms with Crippen LogP contribution >= 0.6 is 11.8 Å². The number of ether oxygens (including phenoxy) is 2. The number of hydrogen-bond acceptors (Lipinski definition) is 7. The SMILES string of the molecule is COc1ccc(C2=NN(C(=O)CSc3nc4ccccc4o3)[C@H](c3ccc(OC)cc3)C2)cc1. The van der Waals surface area contributed by atoms with Crippen LogP contribution < -0.4 is 9.47 Å². The number of nitrogens with zero attached hydrogens (tertiary/aromatic N) is 3. The van der Waals surface area contributed by atoms with E-state index in [-0.39, 0.29) is 17.7 Å². The van der Waals surface area contributed by atoms with Gasteiger partial charge >= 0.3 is 0 Å². The molecule has 4 aromatic rings. The summed E-state index contributed by atoms with van der Waals surface area (Å²) in [6.45, 7) is 0. The number of hydrazone groups is 1. The molecule has 0 radical (unpaired) electrons. The molecular formula is C26H23N3O4S. The summed E-state index contributed by atoms with van der Waals surface area (Å²) in [6, 6.07) is 22.8. The molecule has 3 aromatic carbocycles.